The van der Waals surface area contributed by atoms with Crippen LogP contribution in [0.5, 0.6) is 0 Å². The zero-order valence-corrected chi connectivity index (χ0v) is 16.9. The second kappa shape index (κ2) is 8.08. The lowest BCUT2D eigenvalue weighted by Crippen LogP contribution is -2.53. The minimum absolute atomic E-state index is 0.0149. The van der Waals surface area contributed by atoms with Crippen LogP contribution in [0, 0.1) is 11.8 Å². The molecule has 0 radical (unpaired) electrons. The smallest absolute Gasteiger partial charge is 0.327 e. The van der Waals surface area contributed by atoms with E-state index in [1.165, 1.54) is 19.3 Å². The highest BCUT2D eigenvalue weighted by molar-refractivity contribution is 6.05. The fourth-order valence-corrected chi connectivity index (χ4v) is 5.98. The predicted octanol–water partition coefficient (Wildman–Crippen LogP) is 2.72. The summed E-state index contributed by atoms with van der Waals surface area (Å²) in [5.74, 6) is 0.986. The number of carbonyl (C=O) groups is 2. The van der Waals surface area contributed by atoms with Gasteiger partial charge >= 0.3 is 6.03 Å². The Morgan fingerprint density at radius 3 is 2.70 bits per heavy atom. The zero-order valence-electron chi connectivity index (χ0n) is 16.9. The van der Waals surface area contributed by atoms with Crippen molar-refractivity contribution in [2.45, 2.75) is 76.9 Å². The highest BCUT2D eigenvalue weighted by atomic mass is 16.5. The molecule has 6 heteroatoms. The summed E-state index contributed by atoms with van der Waals surface area (Å²) < 4.78 is 5.44. The van der Waals surface area contributed by atoms with Crippen molar-refractivity contribution in [3.05, 3.63) is 0 Å². The first-order valence-electron chi connectivity index (χ1n) is 11.1. The molecule has 4 fully saturated rings. The quantitative estimate of drug-likeness (QED) is 0.528. The molecule has 0 aromatic rings. The molecular weight excluding hydrogens is 342 g/mol. The molecule has 3 saturated heterocycles. The van der Waals surface area contributed by atoms with E-state index in [9.17, 15) is 9.59 Å². The van der Waals surface area contributed by atoms with Gasteiger partial charge in [-0.05, 0) is 50.9 Å². The van der Waals surface area contributed by atoms with Gasteiger partial charge < -0.3 is 14.5 Å². The van der Waals surface area contributed by atoms with E-state index in [1.54, 1.807) is 4.90 Å². The third-order valence-corrected chi connectivity index (χ3v) is 7.28. The van der Waals surface area contributed by atoms with Gasteiger partial charge in [-0.15, -0.1) is 0 Å². The van der Waals surface area contributed by atoms with E-state index in [2.05, 4.69) is 11.8 Å². The van der Waals surface area contributed by atoms with Crippen molar-refractivity contribution in [3.8, 4) is 0 Å². The number of piperidine rings is 1. The Hall–Kier alpha value is -1.14. The van der Waals surface area contributed by atoms with Crippen LogP contribution < -0.4 is 0 Å². The minimum atomic E-state index is -0.165. The molecule has 1 saturated carbocycles. The first-order chi connectivity index (χ1) is 13.1. The lowest BCUT2D eigenvalue weighted by atomic mass is 9.84. The average molecular weight is 378 g/mol. The fourth-order valence-electron chi connectivity index (χ4n) is 5.98. The van der Waals surface area contributed by atoms with Crippen LogP contribution in [-0.4, -0.2) is 77.6 Å². The largest absolute Gasteiger partial charge is 0.382 e. The molecule has 5 atom stereocenters. The second-order valence-corrected chi connectivity index (χ2v) is 8.95. The number of nitrogens with zero attached hydrogens (tertiary/aromatic N) is 3. The fraction of sp³-hybridized carbons (Fsp3) is 0.905. The van der Waals surface area contributed by atoms with Crippen LogP contribution in [0.25, 0.3) is 0 Å². The summed E-state index contributed by atoms with van der Waals surface area (Å²) in [7, 11) is 0. The summed E-state index contributed by atoms with van der Waals surface area (Å²) >= 11 is 0. The van der Waals surface area contributed by atoms with Crippen molar-refractivity contribution in [2.24, 2.45) is 11.8 Å². The monoisotopic (exact) mass is 377 g/mol. The van der Waals surface area contributed by atoms with Crippen LogP contribution in [0.4, 0.5) is 4.79 Å². The van der Waals surface area contributed by atoms with Crippen molar-refractivity contribution in [3.63, 3.8) is 0 Å². The molecule has 0 aromatic heterocycles. The summed E-state index contributed by atoms with van der Waals surface area (Å²) in [6.07, 6.45) is 7.58. The number of rotatable bonds is 6. The maximum atomic E-state index is 13.2. The molecule has 0 bridgehead atoms. The zero-order chi connectivity index (χ0) is 19.0. The first-order valence-corrected chi connectivity index (χ1v) is 11.1. The molecule has 3 aliphatic heterocycles. The number of hydrogen-bond donors (Lipinski definition) is 0. The lowest BCUT2D eigenvalue weighted by Gasteiger charge is -2.41. The van der Waals surface area contributed by atoms with Gasteiger partial charge in [0.1, 0.15) is 6.04 Å². The van der Waals surface area contributed by atoms with E-state index in [-0.39, 0.29) is 24.0 Å². The Balaban J connectivity index is 1.37. The molecule has 27 heavy (non-hydrogen) atoms. The van der Waals surface area contributed by atoms with Crippen LogP contribution in [0.3, 0.4) is 0 Å². The molecule has 4 aliphatic rings. The maximum Gasteiger partial charge on any atom is 0.327 e. The molecule has 0 aromatic carbocycles. The van der Waals surface area contributed by atoms with Crippen LogP contribution in [0.1, 0.15) is 58.8 Å². The first kappa shape index (κ1) is 19.2. The molecule has 0 spiro atoms. The number of amides is 3. The van der Waals surface area contributed by atoms with Crippen molar-refractivity contribution in [1.82, 2.24) is 14.7 Å². The molecule has 6 nitrogen and oxygen atoms in total. The Morgan fingerprint density at radius 2 is 1.93 bits per heavy atom. The minimum Gasteiger partial charge on any atom is -0.382 e. The Labute approximate surface area is 163 Å². The third kappa shape index (κ3) is 3.51. The number of fused-ring (bicyclic) bond motifs is 3. The van der Waals surface area contributed by atoms with Crippen molar-refractivity contribution in [2.75, 3.05) is 32.8 Å². The van der Waals surface area contributed by atoms with E-state index >= 15 is 0 Å². The Kier molecular flexibility index (Phi) is 5.74. The second-order valence-electron chi connectivity index (χ2n) is 8.95. The van der Waals surface area contributed by atoms with Gasteiger partial charge in [0.05, 0.1) is 0 Å². The van der Waals surface area contributed by atoms with Crippen molar-refractivity contribution < 1.29 is 14.3 Å². The predicted molar refractivity (Wildman–Crippen MR) is 103 cm³/mol. The standard InChI is InChI=1S/C21H35N3O3/c1-3-27-12-6-10-22-11-9-17(15(2)14-22)24-20(25)19-13-16-7-4-5-8-18(16)23(19)21(24)26/h15-19H,3-14H2,1-2H3/t15-,16+,17+,18-,19+/m1/s1. The molecule has 4 rings (SSSR count). The van der Waals surface area contributed by atoms with Gasteiger partial charge in [-0.3, -0.25) is 9.69 Å². The van der Waals surface area contributed by atoms with Gasteiger partial charge in [0.25, 0.3) is 5.91 Å². The number of carbonyl (C=O) groups excluding carboxylic acids is 2. The van der Waals surface area contributed by atoms with Crippen LogP contribution >= 0.6 is 0 Å². The highest BCUT2D eigenvalue weighted by Gasteiger charge is 2.57. The van der Waals surface area contributed by atoms with Gasteiger partial charge in [-0.2, -0.15) is 0 Å². The SMILES string of the molecule is CCOCCCN1CC[C@H](N2C(=O)[C@@H]3C[C@@H]4CCCC[C@H]4N3C2=O)[C@H](C)C1. The van der Waals surface area contributed by atoms with E-state index in [4.69, 9.17) is 4.74 Å². The summed E-state index contributed by atoms with van der Waals surface area (Å²) in [5.41, 5.74) is 0. The van der Waals surface area contributed by atoms with Gasteiger partial charge in [-0.25, -0.2) is 4.79 Å². The Morgan fingerprint density at radius 1 is 1.11 bits per heavy atom. The topological polar surface area (TPSA) is 53.1 Å². The molecule has 3 heterocycles. The van der Waals surface area contributed by atoms with Crippen LogP contribution in [-0.2, 0) is 9.53 Å². The molecule has 152 valence electrons. The third-order valence-electron chi connectivity index (χ3n) is 7.28. The van der Waals surface area contributed by atoms with Crippen LogP contribution in [0.15, 0.2) is 0 Å². The number of ether oxygens (including phenoxy) is 1. The molecule has 3 amide bonds. The molecule has 0 N–H and O–H groups in total. The van der Waals surface area contributed by atoms with Gasteiger partial charge in [0.2, 0.25) is 0 Å². The van der Waals surface area contributed by atoms with E-state index < -0.39 is 0 Å². The number of urea groups is 1. The number of likely N-dealkylation sites (tertiary alicyclic amines) is 1. The van der Waals surface area contributed by atoms with Crippen molar-refractivity contribution in [1.29, 1.82) is 0 Å². The van der Waals surface area contributed by atoms with Gasteiger partial charge in [-0.1, -0.05) is 19.8 Å². The lowest BCUT2D eigenvalue weighted by molar-refractivity contribution is -0.131. The van der Waals surface area contributed by atoms with E-state index in [1.807, 2.05) is 11.8 Å². The van der Waals surface area contributed by atoms with Gasteiger partial charge in [0.15, 0.2) is 0 Å². The summed E-state index contributed by atoms with van der Waals surface area (Å²) in [6.45, 7) is 8.78. The van der Waals surface area contributed by atoms with Crippen molar-refractivity contribution >= 4 is 11.9 Å². The van der Waals surface area contributed by atoms with Crippen LogP contribution in [0.2, 0.25) is 0 Å². The molecular formula is C21H35N3O3. The summed E-state index contributed by atoms with van der Waals surface area (Å²) in [4.78, 5) is 32.5. The molecule has 0 unspecified atom stereocenters. The summed E-state index contributed by atoms with van der Waals surface area (Å²) in [6, 6.07) is 0.239. The number of hydrogen-bond acceptors (Lipinski definition) is 4. The Bertz CT molecular complexity index is 569. The normalized spacial score (nSPS) is 37.0. The summed E-state index contributed by atoms with van der Waals surface area (Å²) in [5, 5.41) is 0. The highest BCUT2D eigenvalue weighted by Crippen LogP contribution is 2.44. The average Bonchev–Trinajstić information content (AvgIpc) is 3.16. The number of imide groups is 1. The maximum absolute atomic E-state index is 13.2. The van der Waals surface area contributed by atoms with Gasteiger partial charge in [0, 0.05) is 44.9 Å². The molecule has 1 aliphatic carbocycles. The van der Waals surface area contributed by atoms with E-state index in [0.717, 1.165) is 58.5 Å². The van der Waals surface area contributed by atoms with E-state index in [0.29, 0.717) is 17.9 Å².